The summed E-state index contributed by atoms with van der Waals surface area (Å²) in [5.41, 5.74) is 0.830. The van der Waals surface area contributed by atoms with Gasteiger partial charge in [0.05, 0.1) is 17.7 Å². The lowest BCUT2D eigenvalue weighted by Crippen LogP contribution is -2.05. The molecule has 0 saturated heterocycles. The van der Waals surface area contributed by atoms with Crippen LogP contribution in [0.15, 0.2) is 30.5 Å². The van der Waals surface area contributed by atoms with Crippen LogP contribution < -0.4 is 0 Å². The van der Waals surface area contributed by atoms with Gasteiger partial charge in [0.25, 0.3) is 0 Å². The number of carbonyl (C=O) groups is 1. The fraction of sp³-hybridized carbons (Fsp3) is 0.167. The molecule has 16 heavy (non-hydrogen) atoms. The molecule has 82 valence electrons. The van der Waals surface area contributed by atoms with Gasteiger partial charge in [0.2, 0.25) is 0 Å². The molecule has 0 unspecified atom stereocenters. The molecule has 0 aliphatic carbocycles. The van der Waals surface area contributed by atoms with E-state index in [-0.39, 0.29) is 5.75 Å². The number of carbonyl (C=O) groups excluding carboxylic acids is 1. The van der Waals surface area contributed by atoms with Crippen molar-refractivity contribution in [2.75, 3.05) is 6.61 Å². The van der Waals surface area contributed by atoms with E-state index in [9.17, 15) is 9.90 Å². The zero-order valence-corrected chi connectivity index (χ0v) is 8.80. The molecule has 1 aromatic carbocycles. The molecule has 4 nitrogen and oxygen atoms in total. The Kier molecular flexibility index (Phi) is 2.72. The van der Waals surface area contributed by atoms with Gasteiger partial charge in [-0.2, -0.15) is 0 Å². The van der Waals surface area contributed by atoms with Crippen molar-refractivity contribution in [2.24, 2.45) is 0 Å². The molecule has 1 N–H and O–H groups in total. The highest BCUT2D eigenvalue weighted by Gasteiger charge is 2.13. The standard InChI is InChI=1S/C12H11NO3/c1-2-16-12(15)9-5-6-10(14)8-4-3-7-13-11(8)9/h3-7,14H,2H2,1H3. The minimum atomic E-state index is -0.425. The Labute approximate surface area is 92.5 Å². The SMILES string of the molecule is CCOC(=O)c1ccc(O)c2cccnc12. The number of hydrogen-bond acceptors (Lipinski definition) is 4. The molecule has 2 aromatic rings. The van der Waals surface area contributed by atoms with Crippen LogP contribution in [0.5, 0.6) is 5.75 Å². The lowest BCUT2D eigenvalue weighted by molar-refractivity contribution is 0.0528. The first-order chi connectivity index (χ1) is 7.74. The van der Waals surface area contributed by atoms with E-state index in [2.05, 4.69) is 4.98 Å². The molecule has 0 fully saturated rings. The summed E-state index contributed by atoms with van der Waals surface area (Å²) in [6.07, 6.45) is 1.57. The third-order valence-corrected chi connectivity index (χ3v) is 2.24. The lowest BCUT2D eigenvalue weighted by atomic mass is 10.1. The Hall–Kier alpha value is -2.10. The molecule has 0 spiro atoms. The number of pyridine rings is 1. The van der Waals surface area contributed by atoms with Gasteiger partial charge >= 0.3 is 5.97 Å². The number of nitrogens with zero attached hydrogens (tertiary/aromatic N) is 1. The smallest absolute Gasteiger partial charge is 0.340 e. The van der Waals surface area contributed by atoms with Crippen LogP contribution in [0.3, 0.4) is 0 Å². The van der Waals surface area contributed by atoms with Crippen molar-refractivity contribution in [2.45, 2.75) is 6.92 Å². The van der Waals surface area contributed by atoms with E-state index in [0.29, 0.717) is 23.1 Å². The van der Waals surface area contributed by atoms with Crippen LogP contribution in [0.25, 0.3) is 10.9 Å². The number of fused-ring (bicyclic) bond motifs is 1. The van der Waals surface area contributed by atoms with Gasteiger partial charge in [-0.1, -0.05) is 0 Å². The summed E-state index contributed by atoms with van der Waals surface area (Å²) in [6, 6.07) is 6.40. The quantitative estimate of drug-likeness (QED) is 0.783. The molecular weight excluding hydrogens is 206 g/mol. The minimum absolute atomic E-state index is 0.108. The zero-order valence-electron chi connectivity index (χ0n) is 8.80. The normalized spacial score (nSPS) is 10.3. The second-order valence-corrected chi connectivity index (χ2v) is 3.25. The molecule has 0 radical (unpaired) electrons. The van der Waals surface area contributed by atoms with E-state index in [1.807, 2.05) is 0 Å². The number of benzene rings is 1. The maximum Gasteiger partial charge on any atom is 0.340 e. The summed E-state index contributed by atoms with van der Waals surface area (Å²) in [6.45, 7) is 2.06. The van der Waals surface area contributed by atoms with E-state index >= 15 is 0 Å². The number of rotatable bonds is 2. The molecule has 0 atom stereocenters. The second-order valence-electron chi connectivity index (χ2n) is 3.25. The van der Waals surface area contributed by atoms with Crippen LogP contribution in [0.1, 0.15) is 17.3 Å². The van der Waals surface area contributed by atoms with Gasteiger partial charge in [0.1, 0.15) is 5.75 Å². The first-order valence-corrected chi connectivity index (χ1v) is 4.98. The first kappa shape index (κ1) is 10.4. The summed E-state index contributed by atoms with van der Waals surface area (Å²) >= 11 is 0. The highest BCUT2D eigenvalue weighted by atomic mass is 16.5. The molecule has 1 aromatic heterocycles. The molecular formula is C12H11NO3. The number of ether oxygens (including phenoxy) is 1. The molecule has 2 rings (SSSR count). The van der Waals surface area contributed by atoms with Gasteiger partial charge in [0, 0.05) is 11.6 Å². The number of aromatic hydroxyl groups is 1. The summed E-state index contributed by atoms with van der Waals surface area (Å²) < 4.78 is 4.92. The van der Waals surface area contributed by atoms with E-state index in [1.165, 1.54) is 12.1 Å². The summed E-state index contributed by atoms with van der Waals surface area (Å²) in [7, 11) is 0. The highest BCUT2D eigenvalue weighted by Crippen LogP contribution is 2.25. The van der Waals surface area contributed by atoms with Crippen molar-refractivity contribution in [3.63, 3.8) is 0 Å². The molecule has 1 heterocycles. The topological polar surface area (TPSA) is 59.4 Å². The third kappa shape index (κ3) is 1.69. The van der Waals surface area contributed by atoms with Crippen molar-refractivity contribution in [1.29, 1.82) is 0 Å². The summed E-state index contributed by atoms with van der Waals surface area (Å²) in [4.78, 5) is 15.7. The third-order valence-electron chi connectivity index (χ3n) is 2.24. The Morgan fingerprint density at radius 2 is 2.25 bits per heavy atom. The number of phenols is 1. The zero-order chi connectivity index (χ0) is 11.5. The van der Waals surface area contributed by atoms with Crippen LogP contribution in [-0.2, 0) is 4.74 Å². The molecule has 0 aliphatic rings. The second kappa shape index (κ2) is 4.18. The largest absolute Gasteiger partial charge is 0.507 e. The number of hydrogen-bond donors (Lipinski definition) is 1. The van der Waals surface area contributed by atoms with Gasteiger partial charge in [-0.15, -0.1) is 0 Å². The van der Waals surface area contributed by atoms with Crippen LogP contribution >= 0.6 is 0 Å². The Morgan fingerprint density at radius 1 is 1.44 bits per heavy atom. The van der Waals surface area contributed by atoms with Crippen LogP contribution in [0, 0.1) is 0 Å². The first-order valence-electron chi connectivity index (χ1n) is 4.98. The van der Waals surface area contributed by atoms with Gasteiger partial charge < -0.3 is 9.84 Å². The highest BCUT2D eigenvalue weighted by molar-refractivity contribution is 6.04. The van der Waals surface area contributed by atoms with Crippen molar-refractivity contribution in [3.8, 4) is 5.75 Å². The van der Waals surface area contributed by atoms with Crippen molar-refractivity contribution >= 4 is 16.9 Å². The van der Waals surface area contributed by atoms with Crippen LogP contribution in [0.4, 0.5) is 0 Å². The van der Waals surface area contributed by atoms with Gasteiger partial charge in [-0.25, -0.2) is 4.79 Å². The average Bonchev–Trinajstić information content (AvgIpc) is 2.30. The Morgan fingerprint density at radius 3 is 3.00 bits per heavy atom. The predicted molar refractivity (Wildman–Crippen MR) is 59.4 cm³/mol. The maximum absolute atomic E-state index is 11.6. The van der Waals surface area contributed by atoms with E-state index in [1.54, 1.807) is 25.3 Å². The molecule has 0 amide bonds. The molecule has 0 saturated carbocycles. The van der Waals surface area contributed by atoms with E-state index in [4.69, 9.17) is 4.74 Å². The van der Waals surface area contributed by atoms with Crippen LogP contribution in [-0.4, -0.2) is 22.7 Å². The minimum Gasteiger partial charge on any atom is -0.507 e. The monoisotopic (exact) mass is 217 g/mol. The van der Waals surface area contributed by atoms with Crippen molar-refractivity contribution in [3.05, 3.63) is 36.0 Å². The Bertz CT molecular complexity index is 537. The summed E-state index contributed by atoms with van der Waals surface area (Å²) in [5, 5.41) is 10.2. The fourth-order valence-electron chi connectivity index (χ4n) is 1.53. The average molecular weight is 217 g/mol. The summed E-state index contributed by atoms with van der Waals surface area (Å²) in [5.74, 6) is -0.317. The molecule has 0 aliphatic heterocycles. The van der Waals surface area contributed by atoms with E-state index < -0.39 is 5.97 Å². The van der Waals surface area contributed by atoms with Crippen molar-refractivity contribution < 1.29 is 14.6 Å². The van der Waals surface area contributed by atoms with Crippen LogP contribution in [0.2, 0.25) is 0 Å². The number of aromatic nitrogens is 1. The Balaban J connectivity index is 2.63. The van der Waals surface area contributed by atoms with Gasteiger partial charge in [-0.3, -0.25) is 4.98 Å². The lowest BCUT2D eigenvalue weighted by Gasteiger charge is -2.06. The van der Waals surface area contributed by atoms with Crippen molar-refractivity contribution in [1.82, 2.24) is 4.98 Å². The fourth-order valence-corrected chi connectivity index (χ4v) is 1.53. The van der Waals surface area contributed by atoms with Gasteiger partial charge in [0.15, 0.2) is 0 Å². The number of esters is 1. The van der Waals surface area contributed by atoms with E-state index in [0.717, 1.165) is 0 Å². The molecule has 0 bridgehead atoms. The molecule has 4 heteroatoms. The maximum atomic E-state index is 11.6. The number of phenolic OH excluding ortho intramolecular Hbond substituents is 1. The van der Waals surface area contributed by atoms with Gasteiger partial charge in [-0.05, 0) is 31.2 Å². The predicted octanol–water partition coefficient (Wildman–Crippen LogP) is 2.12.